The quantitative estimate of drug-likeness (QED) is 0.895. The molecule has 1 unspecified atom stereocenters. The van der Waals surface area contributed by atoms with Gasteiger partial charge in [0, 0.05) is 18.1 Å². The van der Waals surface area contributed by atoms with Crippen molar-refractivity contribution in [1.82, 2.24) is 4.90 Å². The number of hydrogen-bond acceptors (Lipinski definition) is 2. The van der Waals surface area contributed by atoms with Crippen LogP contribution in [0.15, 0.2) is 48.0 Å². The van der Waals surface area contributed by atoms with Crippen LogP contribution >= 0.6 is 11.6 Å². The minimum Gasteiger partial charge on any atom is -0.333 e. The molecule has 2 aromatic rings. The van der Waals surface area contributed by atoms with Crippen LogP contribution < -0.4 is 5.73 Å². The number of carbonyl (C=O) groups excluding carboxylic acids is 1. The molecule has 3 rings (SSSR count). The van der Waals surface area contributed by atoms with E-state index < -0.39 is 6.04 Å². The highest BCUT2D eigenvalue weighted by atomic mass is 35.5. The number of nitrogens with two attached hydrogens (primary N) is 1. The van der Waals surface area contributed by atoms with Crippen molar-refractivity contribution in [2.75, 3.05) is 0 Å². The van der Waals surface area contributed by atoms with Crippen LogP contribution in [0.25, 0.3) is 6.08 Å². The van der Waals surface area contributed by atoms with Gasteiger partial charge in [-0.2, -0.15) is 0 Å². The zero-order valence-electron chi connectivity index (χ0n) is 14.6. The Kier molecular flexibility index (Phi) is 5.26. The number of allylic oxidation sites excluding steroid dienone is 1. The molecule has 0 fully saturated rings. The summed E-state index contributed by atoms with van der Waals surface area (Å²) in [4.78, 5) is 14.5. The van der Waals surface area contributed by atoms with Gasteiger partial charge in [0.25, 0.3) is 0 Å². The van der Waals surface area contributed by atoms with Crippen molar-refractivity contribution in [2.45, 2.75) is 39.4 Å². The molecule has 0 radical (unpaired) electrons. The Balaban J connectivity index is 1.67. The summed E-state index contributed by atoms with van der Waals surface area (Å²) >= 11 is 6.38. The minimum absolute atomic E-state index is 0.0272. The van der Waals surface area contributed by atoms with Gasteiger partial charge in [0.15, 0.2) is 0 Å². The molecule has 4 heteroatoms. The first-order valence-corrected chi connectivity index (χ1v) is 8.86. The number of halogens is 1. The topological polar surface area (TPSA) is 46.3 Å². The Morgan fingerprint density at radius 2 is 1.84 bits per heavy atom. The molecule has 0 saturated heterocycles. The van der Waals surface area contributed by atoms with Gasteiger partial charge in [-0.05, 0) is 48.6 Å². The molecular formula is C21H23ClN2O. The van der Waals surface area contributed by atoms with E-state index in [1.807, 2.05) is 49.1 Å². The molecule has 2 aromatic carbocycles. The molecule has 2 N–H and O–H groups in total. The highest BCUT2D eigenvalue weighted by molar-refractivity contribution is 6.31. The van der Waals surface area contributed by atoms with Crippen molar-refractivity contribution in [3.63, 3.8) is 0 Å². The highest BCUT2D eigenvalue weighted by Gasteiger charge is 2.27. The molecule has 0 saturated carbocycles. The minimum atomic E-state index is -0.582. The maximum atomic E-state index is 12.7. The Morgan fingerprint density at radius 1 is 1.20 bits per heavy atom. The van der Waals surface area contributed by atoms with E-state index in [4.69, 9.17) is 17.3 Å². The number of carbonyl (C=O) groups is 1. The molecule has 0 aliphatic carbocycles. The van der Waals surface area contributed by atoms with E-state index in [0.29, 0.717) is 24.5 Å². The van der Waals surface area contributed by atoms with E-state index in [1.54, 1.807) is 0 Å². The van der Waals surface area contributed by atoms with Crippen molar-refractivity contribution in [1.29, 1.82) is 0 Å². The first-order chi connectivity index (χ1) is 11.9. The summed E-state index contributed by atoms with van der Waals surface area (Å²) in [5, 5.41) is 0.656. The van der Waals surface area contributed by atoms with Gasteiger partial charge in [-0.1, -0.05) is 59.6 Å². The van der Waals surface area contributed by atoms with Crippen LogP contribution in [0.4, 0.5) is 0 Å². The molecule has 1 heterocycles. The van der Waals surface area contributed by atoms with Crippen molar-refractivity contribution in [3.05, 3.63) is 75.3 Å². The Hall–Kier alpha value is -2.10. The van der Waals surface area contributed by atoms with Gasteiger partial charge in [0.2, 0.25) is 5.91 Å². The van der Waals surface area contributed by atoms with Crippen LogP contribution in [0, 0.1) is 0 Å². The summed E-state index contributed by atoms with van der Waals surface area (Å²) in [6.45, 7) is 5.36. The lowest BCUT2D eigenvalue weighted by atomic mass is 10.0. The van der Waals surface area contributed by atoms with Gasteiger partial charge in [-0.25, -0.2) is 0 Å². The van der Waals surface area contributed by atoms with E-state index >= 15 is 0 Å². The van der Waals surface area contributed by atoms with Crippen LogP contribution in [-0.2, 0) is 24.3 Å². The zero-order chi connectivity index (χ0) is 18.0. The molecule has 130 valence electrons. The number of benzene rings is 2. The summed E-state index contributed by atoms with van der Waals surface area (Å²) in [6, 6.07) is 13.4. The third-order valence-electron chi connectivity index (χ3n) is 4.44. The van der Waals surface area contributed by atoms with Gasteiger partial charge in [0.05, 0.1) is 6.04 Å². The Labute approximate surface area is 154 Å². The summed E-state index contributed by atoms with van der Waals surface area (Å²) in [5.41, 5.74) is 11.8. The molecule has 1 aliphatic rings. The first-order valence-electron chi connectivity index (χ1n) is 8.48. The van der Waals surface area contributed by atoms with Crippen LogP contribution in [0.1, 0.15) is 36.1 Å². The fraction of sp³-hybridized carbons (Fsp3) is 0.286. The van der Waals surface area contributed by atoms with Gasteiger partial charge in [-0.3, -0.25) is 4.79 Å². The van der Waals surface area contributed by atoms with Gasteiger partial charge < -0.3 is 10.6 Å². The van der Waals surface area contributed by atoms with Crippen LogP contribution in [0.5, 0.6) is 0 Å². The van der Waals surface area contributed by atoms with E-state index in [-0.39, 0.29) is 5.91 Å². The number of fused-ring (bicyclic) bond motifs is 1. The summed E-state index contributed by atoms with van der Waals surface area (Å²) < 4.78 is 0. The maximum absolute atomic E-state index is 12.7. The number of nitrogens with zero attached hydrogens (tertiary/aromatic N) is 1. The fourth-order valence-electron chi connectivity index (χ4n) is 3.20. The second-order valence-corrected chi connectivity index (χ2v) is 7.25. The number of hydrogen-bond donors (Lipinski definition) is 1. The molecule has 0 spiro atoms. The summed E-state index contributed by atoms with van der Waals surface area (Å²) in [5.74, 6) is -0.0272. The predicted molar refractivity (Wildman–Crippen MR) is 103 cm³/mol. The Morgan fingerprint density at radius 3 is 2.40 bits per heavy atom. The van der Waals surface area contributed by atoms with Crippen molar-refractivity contribution < 1.29 is 4.79 Å². The SMILES string of the molecule is CC(C)=Cc1ccc(CC(N)C(=O)N2Cc3ccccc3C2)c(Cl)c1. The van der Waals surface area contributed by atoms with Crippen LogP contribution in [-0.4, -0.2) is 16.8 Å². The van der Waals surface area contributed by atoms with E-state index in [0.717, 1.165) is 11.1 Å². The predicted octanol–water partition coefficient (Wildman–Crippen LogP) is 4.18. The lowest BCUT2D eigenvalue weighted by molar-refractivity contribution is -0.133. The van der Waals surface area contributed by atoms with Crippen molar-refractivity contribution in [2.24, 2.45) is 5.73 Å². The van der Waals surface area contributed by atoms with Gasteiger partial charge >= 0.3 is 0 Å². The monoisotopic (exact) mass is 354 g/mol. The third-order valence-corrected chi connectivity index (χ3v) is 4.79. The van der Waals surface area contributed by atoms with Gasteiger partial charge in [0.1, 0.15) is 0 Å². The highest BCUT2D eigenvalue weighted by Crippen LogP contribution is 2.24. The average Bonchev–Trinajstić information content (AvgIpc) is 3.00. The molecule has 0 bridgehead atoms. The molecule has 1 atom stereocenters. The fourth-order valence-corrected chi connectivity index (χ4v) is 3.47. The first kappa shape index (κ1) is 17.7. The van der Waals surface area contributed by atoms with Crippen molar-refractivity contribution in [3.8, 4) is 0 Å². The van der Waals surface area contributed by atoms with Crippen LogP contribution in [0.3, 0.4) is 0 Å². The number of rotatable bonds is 4. The smallest absolute Gasteiger partial charge is 0.240 e. The lowest BCUT2D eigenvalue weighted by Crippen LogP contribution is -2.42. The average molecular weight is 355 g/mol. The zero-order valence-corrected chi connectivity index (χ0v) is 15.4. The summed E-state index contributed by atoms with van der Waals surface area (Å²) in [6.07, 6.45) is 2.52. The van der Waals surface area contributed by atoms with E-state index in [1.165, 1.54) is 16.7 Å². The maximum Gasteiger partial charge on any atom is 0.240 e. The normalized spacial score (nSPS) is 14.2. The molecule has 25 heavy (non-hydrogen) atoms. The van der Waals surface area contributed by atoms with E-state index in [9.17, 15) is 4.79 Å². The molecule has 1 amide bonds. The standard InChI is InChI=1S/C21H23ClN2O/c1-14(2)9-15-7-8-16(19(22)10-15)11-20(23)21(25)24-12-17-5-3-4-6-18(17)13-24/h3-10,20H,11-13,23H2,1-2H3. The van der Waals surface area contributed by atoms with Crippen molar-refractivity contribution >= 4 is 23.6 Å². The lowest BCUT2D eigenvalue weighted by Gasteiger charge is -2.20. The third kappa shape index (κ3) is 4.12. The summed E-state index contributed by atoms with van der Waals surface area (Å²) in [7, 11) is 0. The Bertz CT molecular complexity index is 799. The largest absolute Gasteiger partial charge is 0.333 e. The molecular weight excluding hydrogens is 332 g/mol. The molecule has 1 aliphatic heterocycles. The van der Waals surface area contributed by atoms with Crippen LogP contribution in [0.2, 0.25) is 5.02 Å². The van der Waals surface area contributed by atoms with Gasteiger partial charge in [-0.15, -0.1) is 0 Å². The second kappa shape index (κ2) is 7.42. The molecule has 3 nitrogen and oxygen atoms in total. The number of amides is 1. The second-order valence-electron chi connectivity index (χ2n) is 6.85. The molecule has 0 aromatic heterocycles. The van der Waals surface area contributed by atoms with E-state index in [2.05, 4.69) is 18.2 Å².